The number of ether oxygens (including phenoxy) is 3. The largest absolute Gasteiger partial charge is 0.481 e. The van der Waals surface area contributed by atoms with Crippen molar-refractivity contribution in [3.63, 3.8) is 0 Å². The van der Waals surface area contributed by atoms with E-state index in [2.05, 4.69) is 4.74 Å². The van der Waals surface area contributed by atoms with Gasteiger partial charge in [0.15, 0.2) is 0 Å². The molecule has 0 radical (unpaired) electrons. The van der Waals surface area contributed by atoms with Gasteiger partial charge >= 0.3 is 12.6 Å². The fraction of sp³-hybridized carbons (Fsp3) is 0.579. The number of nitrogens with zero attached hydrogens (tertiary/aromatic N) is 1. The van der Waals surface area contributed by atoms with E-state index in [1.165, 1.54) is 12.1 Å². The number of halogens is 2. The lowest BCUT2D eigenvalue weighted by Gasteiger charge is -2.34. The number of rotatable bonds is 7. The van der Waals surface area contributed by atoms with E-state index in [0.29, 0.717) is 39.1 Å². The molecule has 2 fully saturated rings. The molecule has 154 valence electrons. The molecule has 2 aliphatic rings. The number of carbonyl (C=O) groups is 2. The molecule has 3 unspecified atom stereocenters. The van der Waals surface area contributed by atoms with Crippen molar-refractivity contribution in [2.45, 2.75) is 38.1 Å². The van der Waals surface area contributed by atoms with E-state index in [0.717, 1.165) is 5.56 Å². The Morgan fingerprint density at radius 2 is 2.00 bits per heavy atom. The Balaban J connectivity index is 1.54. The molecule has 28 heavy (non-hydrogen) atoms. The van der Waals surface area contributed by atoms with E-state index in [-0.39, 0.29) is 36.2 Å². The standard InChI is InChI=1S/C19H23F2NO6/c20-19(21)28-14-3-1-12(2-4-14)16-10-22(7-8-26-16)18(25)13-9-15(27-11-13)5-6-17(23)24/h1-4,13,15-16,19H,5-11H2,(H,23,24). The van der Waals surface area contributed by atoms with Crippen LogP contribution >= 0.6 is 0 Å². The van der Waals surface area contributed by atoms with Gasteiger partial charge in [-0.2, -0.15) is 8.78 Å². The molecule has 3 rings (SSSR count). The van der Waals surface area contributed by atoms with Gasteiger partial charge in [0, 0.05) is 13.0 Å². The number of benzene rings is 1. The van der Waals surface area contributed by atoms with Gasteiger partial charge in [-0.3, -0.25) is 9.59 Å². The van der Waals surface area contributed by atoms with E-state index >= 15 is 0 Å². The summed E-state index contributed by atoms with van der Waals surface area (Å²) in [4.78, 5) is 25.2. The number of amides is 1. The number of hydrogen-bond donors (Lipinski definition) is 1. The van der Waals surface area contributed by atoms with Crippen LogP contribution < -0.4 is 4.74 Å². The maximum Gasteiger partial charge on any atom is 0.387 e. The molecule has 0 bridgehead atoms. The van der Waals surface area contributed by atoms with Gasteiger partial charge < -0.3 is 24.2 Å². The summed E-state index contributed by atoms with van der Waals surface area (Å²) < 4.78 is 40.1. The summed E-state index contributed by atoms with van der Waals surface area (Å²) in [6.45, 7) is -1.37. The van der Waals surface area contributed by atoms with Crippen molar-refractivity contribution in [2.75, 3.05) is 26.3 Å². The quantitative estimate of drug-likeness (QED) is 0.758. The predicted octanol–water partition coefficient (Wildman–Crippen LogP) is 2.46. The third kappa shape index (κ3) is 5.39. The topological polar surface area (TPSA) is 85.3 Å². The Bertz CT molecular complexity index is 684. The first-order valence-corrected chi connectivity index (χ1v) is 9.21. The molecule has 9 heteroatoms. The number of morpholine rings is 1. The van der Waals surface area contributed by atoms with Gasteiger partial charge in [0.05, 0.1) is 31.8 Å². The average molecular weight is 399 g/mol. The number of hydrogen-bond acceptors (Lipinski definition) is 5. The van der Waals surface area contributed by atoms with E-state index in [4.69, 9.17) is 14.6 Å². The lowest BCUT2D eigenvalue weighted by Crippen LogP contribution is -2.45. The van der Waals surface area contributed by atoms with Crippen LogP contribution in [0.25, 0.3) is 0 Å². The van der Waals surface area contributed by atoms with Crippen LogP contribution in [0.3, 0.4) is 0 Å². The van der Waals surface area contributed by atoms with E-state index in [1.807, 2.05) is 0 Å². The summed E-state index contributed by atoms with van der Waals surface area (Å²) in [7, 11) is 0. The van der Waals surface area contributed by atoms with Crippen molar-refractivity contribution in [1.82, 2.24) is 4.90 Å². The average Bonchev–Trinajstić information content (AvgIpc) is 3.15. The van der Waals surface area contributed by atoms with Crippen LogP contribution in [0.2, 0.25) is 0 Å². The Kier molecular flexibility index (Phi) is 6.79. The Morgan fingerprint density at radius 3 is 2.68 bits per heavy atom. The summed E-state index contributed by atoms with van der Waals surface area (Å²) in [5.74, 6) is -1.11. The number of carboxylic acids is 1. The molecule has 2 heterocycles. The summed E-state index contributed by atoms with van der Waals surface area (Å²) in [6.07, 6.45) is 0.398. The third-order valence-corrected chi connectivity index (χ3v) is 4.97. The summed E-state index contributed by atoms with van der Waals surface area (Å²) in [6, 6.07) is 6.20. The highest BCUT2D eigenvalue weighted by Crippen LogP contribution is 2.29. The zero-order valence-corrected chi connectivity index (χ0v) is 15.3. The highest BCUT2D eigenvalue weighted by Gasteiger charge is 2.35. The molecular weight excluding hydrogens is 376 g/mol. The number of aliphatic carboxylic acids is 1. The first-order chi connectivity index (χ1) is 13.4. The molecule has 0 aromatic heterocycles. The SMILES string of the molecule is O=C(O)CCC1CC(C(=O)N2CCOC(c3ccc(OC(F)F)cc3)C2)CO1. The van der Waals surface area contributed by atoms with Crippen LogP contribution in [0.15, 0.2) is 24.3 Å². The van der Waals surface area contributed by atoms with Crippen LogP contribution in [0.1, 0.15) is 30.9 Å². The van der Waals surface area contributed by atoms with Crippen LogP contribution in [-0.4, -0.2) is 60.9 Å². The second-order valence-electron chi connectivity index (χ2n) is 6.91. The molecule has 2 saturated heterocycles. The van der Waals surface area contributed by atoms with Crippen molar-refractivity contribution in [2.24, 2.45) is 5.92 Å². The predicted molar refractivity (Wildman–Crippen MR) is 93.1 cm³/mol. The molecule has 0 saturated carbocycles. The molecule has 0 spiro atoms. The lowest BCUT2D eigenvalue weighted by atomic mass is 10.00. The molecule has 1 amide bonds. The fourth-order valence-corrected chi connectivity index (χ4v) is 3.54. The van der Waals surface area contributed by atoms with Gasteiger partial charge in [0.2, 0.25) is 5.91 Å². The summed E-state index contributed by atoms with van der Waals surface area (Å²) >= 11 is 0. The number of carboxylic acid groups (broad SMARTS) is 1. The molecule has 1 aromatic rings. The molecule has 3 atom stereocenters. The lowest BCUT2D eigenvalue weighted by molar-refractivity contribution is -0.143. The molecule has 2 aliphatic heterocycles. The molecule has 7 nitrogen and oxygen atoms in total. The Hall–Kier alpha value is -2.26. The number of carbonyl (C=O) groups excluding carboxylic acids is 1. The molecule has 1 aromatic carbocycles. The Morgan fingerprint density at radius 1 is 1.25 bits per heavy atom. The normalized spacial score (nSPS) is 25.1. The zero-order valence-electron chi connectivity index (χ0n) is 15.3. The van der Waals surface area contributed by atoms with Crippen molar-refractivity contribution in [3.05, 3.63) is 29.8 Å². The Labute approximate surface area is 161 Å². The minimum absolute atomic E-state index is 0.0243. The maximum atomic E-state index is 12.8. The van der Waals surface area contributed by atoms with E-state index in [1.54, 1.807) is 17.0 Å². The van der Waals surface area contributed by atoms with Gasteiger partial charge in [-0.1, -0.05) is 12.1 Å². The van der Waals surface area contributed by atoms with Crippen molar-refractivity contribution in [3.8, 4) is 5.75 Å². The second kappa shape index (κ2) is 9.29. The first-order valence-electron chi connectivity index (χ1n) is 9.21. The minimum Gasteiger partial charge on any atom is -0.481 e. The van der Waals surface area contributed by atoms with Crippen LogP contribution in [-0.2, 0) is 19.1 Å². The second-order valence-corrected chi connectivity index (χ2v) is 6.91. The highest BCUT2D eigenvalue weighted by molar-refractivity contribution is 5.79. The molecule has 0 aliphatic carbocycles. The van der Waals surface area contributed by atoms with E-state index in [9.17, 15) is 18.4 Å². The summed E-state index contributed by atoms with van der Waals surface area (Å²) in [5, 5.41) is 8.76. The van der Waals surface area contributed by atoms with Crippen LogP contribution in [0.4, 0.5) is 8.78 Å². The van der Waals surface area contributed by atoms with E-state index < -0.39 is 12.6 Å². The van der Waals surface area contributed by atoms with Gasteiger partial charge in [0.25, 0.3) is 0 Å². The van der Waals surface area contributed by atoms with Crippen LogP contribution in [0.5, 0.6) is 5.75 Å². The fourth-order valence-electron chi connectivity index (χ4n) is 3.54. The van der Waals surface area contributed by atoms with Gasteiger partial charge in [-0.05, 0) is 30.5 Å². The zero-order chi connectivity index (χ0) is 20.1. The minimum atomic E-state index is -2.88. The first kappa shape index (κ1) is 20.5. The smallest absolute Gasteiger partial charge is 0.387 e. The van der Waals surface area contributed by atoms with Gasteiger partial charge in [-0.25, -0.2) is 0 Å². The molecule has 1 N–H and O–H groups in total. The molecular formula is C19H23F2NO6. The number of alkyl halides is 2. The van der Waals surface area contributed by atoms with Crippen LogP contribution in [0, 0.1) is 5.92 Å². The maximum absolute atomic E-state index is 12.8. The highest BCUT2D eigenvalue weighted by atomic mass is 19.3. The third-order valence-electron chi connectivity index (χ3n) is 4.97. The van der Waals surface area contributed by atoms with Gasteiger partial charge in [-0.15, -0.1) is 0 Å². The monoisotopic (exact) mass is 399 g/mol. The van der Waals surface area contributed by atoms with Crippen molar-refractivity contribution in [1.29, 1.82) is 0 Å². The van der Waals surface area contributed by atoms with Crippen molar-refractivity contribution < 1.29 is 37.7 Å². The van der Waals surface area contributed by atoms with Crippen molar-refractivity contribution >= 4 is 11.9 Å². The van der Waals surface area contributed by atoms with Gasteiger partial charge in [0.1, 0.15) is 11.9 Å². The summed E-state index contributed by atoms with van der Waals surface area (Å²) in [5.41, 5.74) is 0.779.